The average molecular weight is 370 g/mol. The minimum absolute atomic E-state index is 0.0248. The van der Waals surface area contributed by atoms with E-state index in [0.717, 1.165) is 15.3 Å². The summed E-state index contributed by atoms with van der Waals surface area (Å²) in [6.07, 6.45) is 3.68. The van der Waals surface area contributed by atoms with Crippen molar-refractivity contribution < 1.29 is 19.6 Å². The number of fused-ring (bicyclic) bond motifs is 1. The predicted octanol–water partition coefficient (Wildman–Crippen LogP) is 4.23. The van der Waals surface area contributed by atoms with Gasteiger partial charge in [0.25, 0.3) is 5.69 Å². The van der Waals surface area contributed by atoms with Gasteiger partial charge in [-0.1, -0.05) is 18.2 Å². The minimum Gasteiger partial charge on any atom is -0.493 e. The van der Waals surface area contributed by atoms with E-state index in [1.165, 1.54) is 23.5 Å². The highest BCUT2D eigenvalue weighted by molar-refractivity contribution is 7.19. The third-order valence-electron chi connectivity index (χ3n) is 3.48. The van der Waals surface area contributed by atoms with Crippen molar-refractivity contribution in [3.8, 4) is 5.75 Å². The predicted molar refractivity (Wildman–Crippen MR) is 99.4 cm³/mol. The maximum absolute atomic E-state index is 10.8. The summed E-state index contributed by atoms with van der Waals surface area (Å²) in [5.74, 6) is -0.290. The van der Waals surface area contributed by atoms with E-state index < -0.39 is 10.9 Å². The first kappa shape index (κ1) is 17.6. The Morgan fingerprint density at radius 2 is 2.00 bits per heavy atom. The number of hydrogen-bond donors (Lipinski definition) is 1. The molecule has 0 radical (unpaired) electrons. The lowest BCUT2D eigenvalue weighted by molar-refractivity contribution is -0.384. The first-order valence-corrected chi connectivity index (χ1v) is 8.50. The van der Waals surface area contributed by atoms with Gasteiger partial charge in [-0.3, -0.25) is 14.9 Å². The number of non-ortho nitro benzene ring substituents is 1. The Balaban J connectivity index is 1.68. The number of aromatic nitrogens is 1. The van der Waals surface area contributed by atoms with Crippen LogP contribution in [-0.4, -0.2) is 27.6 Å². The Bertz CT molecular complexity index is 979. The lowest BCUT2D eigenvalue weighted by Gasteiger charge is -2.04. The summed E-state index contributed by atoms with van der Waals surface area (Å²) >= 11 is 1.45. The van der Waals surface area contributed by atoms with Gasteiger partial charge in [0.1, 0.15) is 10.8 Å². The number of nitro benzene ring substituents is 1. The molecule has 0 saturated heterocycles. The zero-order valence-electron chi connectivity index (χ0n) is 13.5. The van der Waals surface area contributed by atoms with Crippen molar-refractivity contribution in [2.24, 2.45) is 0 Å². The molecular weight excluding hydrogens is 356 g/mol. The van der Waals surface area contributed by atoms with Crippen molar-refractivity contribution in [3.05, 3.63) is 63.1 Å². The second-order valence-electron chi connectivity index (χ2n) is 5.36. The second-order valence-corrected chi connectivity index (χ2v) is 6.42. The number of hydrogen-bond acceptors (Lipinski definition) is 6. The van der Waals surface area contributed by atoms with Crippen LogP contribution >= 0.6 is 11.3 Å². The number of nitro groups is 1. The van der Waals surface area contributed by atoms with Gasteiger partial charge in [0.05, 0.1) is 28.2 Å². The number of aliphatic carboxylic acids is 1. The summed E-state index contributed by atoms with van der Waals surface area (Å²) in [5.41, 5.74) is 1.56. The Hall–Kier alpha value is -3.26. The highest BCUT2D eigenvalue weighted by Gasteiger charge is 2.09. The normalized spacial score (nSPS) is 11.1. The van der Waals surface area contributed by atoms with Gasteiger partial charge in [-0.25, -0.2) is 4.98 Å². The van der Waals surface area contributed by atoms with Crippen LogP contribution in [0.1, 0.15) is 17.0 Å². The molecule has 0 aliphatic carbocycles. The zero-order chi connectivity index (χ0) is 18.5. The lowest BCUT2D eigenvalue weighted by Crippen LogP contribution is -2.04. The van der Waals surface area contributed by atoms with Gasteiger partial charge in [0.15, 0.2) is 0 Å². The minimum atomic E-state index is -0.897. The van der Waals surface area contributed by atoms with Gasteiger partial charge >= 0.3 is 5.97 Å². The number of benzene rings is 2. The molecule has 0 fully saturated rings. The fourth-order valence-electron chi connectivity index (χ4n) is 2.22. The van der Waals surface area contributed by atoms with Gasteiger partial charge < -0.3 is 9.84 Å². The highest BCUT2D eigenvalue weighted by atomic mass is 32.1. The van der Waals surface area contributed by atoms with Crippen LogP contribution in [-0.2, 0) is 4.79 Å². The molecule has 0 amide bonds. The monoisotopic (exact) mass is 370 g/mol. The first-order chi connectivity index (χ1) is 12.5. The fraction of sp³-hybridized carbons (Fsp3) is 0.111. The third kappa shape index (κ3) is 4.42. The van der Waals surface area contributed by atoms with E-state index in [1.807, 2.05) is 24.3 Å². The summed E-state index contributed by atoms with van der Waals surface area (Å²) in [5, 5.41) is 20.1. The van der Waals surface area contributed by atoms with Crippen LogP contribution in [0.15, 0.2) is 42.5 Å². The number of rotatable bonds is 7. The van der Waals surface area contributed by atoms with Crippen LogP contribution in [0.3, 0.4) is 0 Å². The average Bonchev–Trinajstić information content (AvgIpc) is 3.02. The van der Waals surface area contributed by atoms with Crippen molar-refractivity contribution in [2.75, 3.05) is 6.61 Å². The molecule has 0 aliphatic heterocycles. The molecule has 1 aromatic heterocycles. The molecule has 2 aromatic carbocycles. The Kier molecular flexibility index (Phi) is 5.23. The quantitative estimate of drug-likeness (QED) is 0.493. The number of ether oxygens (including phenoxy) is 1. The summed E-state index contributed by atoms with van der Waals surface area (Å²) in [6.45, 7) is 0.127. The molecule has 0 bridgehead atoms. The van der Waals surface area contributed by atoms with Crippen molar-refractivity contribution in [1.29, 1.82) is 0 Å². The Labute approximate surface area is 152 Å². The zero-order valence-corrected chi connectivity index (χ0v) is 14.3. The summed E-state index contributed by atoms with van der Waals surface area (Å²) in [4.78, 5) is 25.2. The van der Waals surface area contributed by atoms with E-state index in [2.05, 4.69) is 4.98 Å². The van der Waals surface area contributed by atoms with Crippen LogP contribution in [0.2, 0.25) is 0 Å². The Morgan fingerprint density at radius 3 is 2.69 bits per heavy atom. The van der Waals surface area contributed by atoms with Crippen molar-refractivity contribution in [1.82, 2.24) is 4.98 Å². The smallest absolute Gasteiger partial charge is 0.306 e. The van der Waals surface area contributed by atoms with Gasteiger partial charge in [-0.05, 0) is 29.8 Å². The molecule has 26 heavy (non-hydrogen) atoms. The molecule has 132 valence electrons. The fourth-order valence-corrected chi connectivity index (χ4v) is 3.07. The molecule has 1 heterocycles. The van der Waals surface area contributed by atoms with Crippen molar-refractivity contribution in [3.63, 3.8) is 0 Å². The molecular formula is C18H14N2O5S. The lowest BCUT2D eigenvalue weighted by atomic mass is 10.2. The molecule has 3 rings (SSSR count). The van der Waals surface area contributed by atoms with Crippen molar-refractivity contribution in [2.45, 2.75) is 6.42 Å². The highest BCUT2D eigenvalue weighted by Crippen LogP contribution is 2.27. The Morgan fingerprint density at radius 1 is 1.23 bits per heavy atom. The van der Waals surface area contributed by atoms with Crippen molar-refractivity contribution >= 4 is 45.4 Å². The summed E-state index contributed by atoms with van der Waals surface area (Å²) in [6, 6.07) is 11.9. The number of carbonyl (C=O) groups is 1. The van der Waals surface area contributed by atoms with E-state index in [0.29, 0.717) is 11.3 Å². The van der Waals surface area contributed by atoms with Crippen LogP contribution in [0.25, 0.3) is 22.4 Å². The van der Waals surface area contributed by atoms with E-state index >= 15 is 0 Å². The molecule has 0 aliphatic rings. The van der Waals surface area contributed by atoms with E-state index in [4.69, 9.17) is 9.84 Å². The van der Waals surface area contributed by atoms with Gasteiger partial charge in [0, 0.05) is 12.1 Å². The molecule has 8 heteroatoms. The molecule has 0 saturated carbocycles. The standard InChI is InChI=1S/C18H14N2O5S/c21-18(22)9-10-25-14-5-1-12(2-6-14)3-8-17-19-15-11-13(20(23)24)4-7-16(15)26-17/h1-8,11H,9-10H2,(H,21,22)/b8-3+. The molecule has 0 spiro atoms. The van der Waals surface area contributed by atoms with Crippen LogP contribution in [0.4, 0.5) is 5.69 Å². The SMILES string of the molecule is O=C(O)CCOc1ccc(/C=C/c2nc3cc([N+](=O)[O-])ccc3s2)cc1. The number of carboxylic acids is 1. The maximum Gasteiger partial charge on any atom is 0.306 e. The second kappa shape index (κ2) is 7.75. The molecule has 1 N–H and O–H groups in total. The third-order valence-corrected chi connectivity index (χ3v) is 4.48. The van der Waals surface area contributed by atoms with Crippen LogP contribution in [0.5, 0.6) is 5.75 Å². The molecule has 3 aromatic rings. The largest absolute Gasteiger partial charge is 0.493 e. The van der Waals surface area contributed by atoms with Gasteiger partial charge in [-0.15, -0.1) is 11.3 Å². The summed E-state index contributed by atoms with van der Waals surface area (Å²) < 4.78 is 6.22. The topological polar surface area (TPSA) is 103 Å². The summed E-state index contributed by atoms with van der Waals surface area (Å²) in [7, 11) is 0. The number of carboxylic acid groups (broad SMARTS) is 1. The van der Waals surface area contributed by atoms with Crippen LogP contribution in [0, 0.1) is 10.1 Å². The van der Waals surface area contributed by atoms with Gasteiger partial charge in [-0.2, -0.15) is 0 Å². The number of nitrogens with zero attached hydrogens (tertiary/aromatic N) is 2. The maximum atomic E-state index is 10.8. The number of thiazole rings is 1. The molecule has 0 unspecified atom stereocenters. The van der Waals surface area contributed by atoms with Gasteiger partial charge in [0.2, 0.25) is 0 Å². The van der Waals surface area contributed by atoms with Crippen LogP contribution < -0.4 is 4.74 Å². The van der Waals surface area contributed by atoms with E-state index in [1.54, 1.807) is 18.2 Å². The molecule has 7 nitrogen and oxygen atoms in total. The van der Waals surface area contributed by atoms with E-state index in [-0.39, 0.29) is 18.7 Å². The van der Waals surface area contributed by atoms with E-state index in [9.17, 15) is 14.9 Å². The molecule has 0 atom stereocenters. The first-order valence-electron chi connectivity index (χ1n) is 7.69.